The van der Waals surface area contributed by atoms with Gasteiger partial charge in [-0.2, -0.15) is 0 Å². The van der Waals surface area contributed by atoms with Crippen molar-refractivity contribution in [1.29, 1.82) is 0 Å². The predicted molar refractivity (Wildman–Crippen MR) is 161 cm³/mol. The van der Waals surface area contributed by atoms with Crippen LogP contribution in [0.25, 0.3) is 0 Å². The molecule has 0 bridgehead atoms. The van der Waals surface area contributed by atoms with Crippen LogP contribution in [0.1, 0.15) is 87.6 Å². The monoisotopic (exact) mass is 548 g/mol. The first-order chi connectivity index (χ1) is 17.7. The summed E-state index contributed by atoms with van der Waals surface area (Å²) in [6, 6.07) is 10.1. The minimum Gasteiger partial charge on any atom is -0.465 e. The zero-order chi connectivity index (χ0) is 29.1. The quantitative estimate of drug-likeness (QED) is 0.122. The van der Waals surface area contributed by atoms with Gasteiger partial charge in [0.05, 0.1) is 37.4 Å². The van der Waals surface area contributed by atoms with Crippen molar-refractivity contribution in [2.75, 3.05) is 13.2 Å². The minimum atomic E-state index is -2.24. The van der Waals surface area contributed by atoms with Crippen molar-refractivity contribution in [3.63, 3.8) is 0 Å². The van der Waals surface area contributed by atoms with E-state index in [-0.39, 0.29) is 30.5 Å². The van der Waals surface area contributed by atoms with Crippen molar-refractivity contribution in [2.24, 2.45) is 17.3 Å². The average Bonchev–Trinajstić information content (AvgIpc) is 2.84. The first-order valence-electron chi connectivity index (χ1n) is 14.4. The summed E-state index contributed by atoms with van der Waals surface area (Å²) in [7, 11) is -2.24. The van der Waals surface area contributed by atoms with Gasteiger partial charge >= 0.3 is 5.97 Å². The number of carbonyl (C=O) groups is 1. The number of hydrogen-bond acceptors (Lipinski definition) is 5. The summed E-state index contributed by atoms with van der Waals surface area (Å²) in [5, 5.41) is 11.7. The largest absolute Gasteiger partial charge is 0.465 e. The summed E-state index contributed by atoms with van der Waals surface area (Å²) >= 11 is 0. The lowest BCUT2D eigenvalue weighted by Gasteiger charge is -2.46. The number of esters is 1. The number of aliphatic hydroxyl groups is 1. The summed E-state index contributed by atoms with van der Waals surface area (Å²) in [6.45, 7) is 26.1. The normalized spacial score (nSPS) is 15.9. The van der Waals surface area contributed by atoms with E-state index >= 15 is 0 Å². The highest BCUT2D eigenvalue weighted by molar-refractivity contribution is 6.77. The molecule has 0 unspecified atom stereocenters. The van der Waals surface area contributed by atoms with Crippen molar-refractivity contribution in [2.45, 2.75) is 118 Å². The molecule has 0 aromatic heterocycles. The van der Waals surface area contributed by atoms with E-state index in [1.807, 2.05) is 52.0 Å². The van der Waals surface area contributed by atoms with Crippen molar-refractivity contribution in [3.8, 4) is 0 Å². The first kappa shape index (κ1) is 34.6. The fourth-order valence-corrected chi connectivity index (χ4v) is 11.2. The van der Waals surface area contributed by atoms with Gasteiger partial charge in [0.25, 0.3) is 0 Å². The molecule has 38 heavy (non-hydrogen) atoms. The summed E-state index contributed by atoms with van der Waals surface area (Å²) in [4.78, 5) is 12.5. The van der Waals surface area contributed by atoms with Crippen LogP contribution in [0.5, 0.6) is 0 Å². The van der Waals surface area contributed by atoms with Crippen molar-refractivity contribution >= 4 is 14.3 Å². The maximum absolute atomic E-state index is 12.5. The van der Waals surface area contributed by atoms with Gasteiger partial charge in [0, 0.05) is 11.8 Å². The topological polar surface area (TPSA) is 65.0 Å². The Kier molecular flexibility index (Phi) is 14.5. The number of carbonyl (C=O) groups excluding carboxylic acids is 1. The van der Waals surface area contributed by atoms with Gasteiger partial charge in [0.2, 0.25) is 8.32 Å². The molecule has 0 saturated carbocycles. The van der Waals surface area contributed by atoms with Crippen LogP contribution >= 0.6 is 0 Å². The van der Waals surface area contributed by atoms with Gasteiger partial charge in [-0.05, 0) is 55.8 Å². The molecule has 1 rings (SSSR count). The average molecular weight is 549 g/mol. The van der Waals surface area contributed by atoms with Gasteiger partial charge in [0.1, 0.15) is 0 Å². The Morgan fingerprint density at radius 2 is 1.53 bits per heavy atom. The Bertz CT molecular complexity index is 793. The first-order valence-corrected chi connectivity index (χ1v) is 16.6. The molecule has 0 radical (unpaired) electrons. The Hall–Kier alpha value is -1.47. The number of allylic oxidation sites excluding steroid dienone is 1. The van der Waals surface area contributed by atoms with Crippen LogP contribution < -0.4 is 0 Å². The van der Waals surface area contributed by atoms with Crippen molar-refractivity contribution in [1.82, 2.24) is 0 Å². The van der Waals surface area contributed by atoms with E-state index in [0.717, 1.165) is 12.0 Å². The zero-order valence-corrected chi connectivity index (χ0v) is 26.8. The van der Waals surface area contributed by atoms with Crippen molar-refractivity contribution in [3.05, 3.63) is 48.6 Å². The maximum atomic E-state index is 12.5. The number of aliphatic hydroxyl groups excluding tert-OH is 1. The van der Waals surface area contributed by atoms with Crippen LogP contribution in [0.15, 0.2) is 43.0 Å². The van der Waals surface area contributed by atoms with Crippen LogP contribution in [-0.4, -0.2) is 44.8 Å². The lowest BCUT2D eigenvalue weighted by Crippen LogP contribution is -2.54. The van der Waals surface area contributed by atoms with Gasteiger partial charge in [-0.1, -0.05) is 84.9 Å². The minimum absolute atomic E-state index is 0.175. The van der Waals surface area contributed by atoms with Gasteiger partial charge < -0.3 is 19.0 Å². The standard InChI is InChI=1S/C32H56O5Si/c1-12-13-19-28(21-36-31(34)32(9,10)11)30(33)26(8)29(22-35-20-27-17-15-14-16-18-27)37-38(23(2)3,24(4)5)25(6)7/h12,14-18,23-26,28-30,33H,1,13,19-22H2,2-11H3/t26-,28-,29-,30+/m0/s1. The maximum Gasteiger partial charge on any atom is 0.311 e. The smallest absolute Gasteiger partial charge is 0.311 e. The molecule has 0 fully saturated rings. The van der Waals surface area contributed by atoms with E-state index in [4.69, 9.17) is 13.9 Å². The molecule has 0 aliphatic rings. The third kappa shape index (κ3) is 9.93. The molecule has 5 nitrogen and oxygen atoms in total. The lowest BCUT2D eigenvalue weighted by atomic mass is 9.86. The van der Waals surface area contributed by atoms with Gasteiger partial charge in [0.15, 0.2) is 0 Å². The SMILES string of the molecule is C=CCC[C@@H](COC(=O)C(C)(C)C)[C@H](O)[C@@H](C)[C@H](COCc1ccccc1)O[Si](C(C)C)(C(C)C)C(C)C. The Morgan fingerprint density at radius 1 is 0.974 bits per heavy atom. The van der Waals surface area contributed by atoms with Gasteiger partial charge in [-0.25, -0.2) is 0 Å². The van der Waals surface area contributed by atoms with Gasteiger partial charge in [-0.3, -0.25) is 4.79 Å². The van der Waals surface area contributed by atoms with Crippen LogP contribution in [-0.2, 0) is 25.3 Å². The molecule has 0 aliphatic carbocycles. The molecule has 1 aromatic rings. The molecule has 1 N–H and O–H groups in total. The molecule has 1 aromatic carbocycles. The second-order valence-corrected chi connectivity index (χ2v) is 18.2. The number of rotatable bonds is 17. The van der Waals surface area contributed by atoms with Gasteiger partial charge in [-0.15, -0.1) is 6.58 Å². The fraction of sp³-hybridized carbons (Fsp3) is 0.719. The highest BCUT2D eigenvalue weighted by Crippen LogP contribution is 2.44. The summed E-state index contributed by atoms with van der Waals surface area (Å²) in [5.74, 6) is -0.689. The Morgan fingerprint density at radius 3 is 2.00 bits per heavy atom. The fourth-order valence-electron chi connectivity index (χ4n) is 5.56. The lowest BCUT2D eigenvalue weighted by molar-refractivity contribution is -0.156. The second kappa shape index (κ2) is 16.0. The second-order valence-electron chi connectivity index (χ2n) is 12.8. The Balaban J connectivity index is 3.24. The van der Waals surface area contributed by atoms with E-state index in [0.29, 0.717) is 36.3 Å². The molecule has 0 saturated heterocycles. The molecule has 0 aliphatic heterocycles. The predicted octanol–water partition coefficient (Wildman–Crippen LogP) is 7.93. The zero-order valence-electron chi connectivity index (χ0n) is 25.8. The van der Waals surface area contributed by atoms with E-state index in [1.165, 1.54) is 0 Å². The van der Waals surface area contributed by atoms with Crippen LogP contribution in [0.3, 0.4) is 0 Å². The summed E-state index contributed by atoms with van der Waals surface area (Å²) in [5.41, 5.74) is 1.75. The molecular formula is C32H56O5Si. The van der Waals surface area contributed by atoms with Crippen LogP contribution in [0.2, 0.25) is 16.6 Å². The molecule has 0 spiro atoms. The highest BCUT2D eigenvalue weighted by Gasteiger charge is 2.48. The molecule has 218 valence electrons. The third-order valence-corrected chi connectivity index (χ3v) is 14.0. The number of hydrogen-bond donors (Lipinski definition) is 1. The molecule has 0 amide bonds. The third-order valence-electron chi connectivity index (χ3n) is 7.85. The van der Waals surface area contributed by atoms with E-state index in [1.54, 1.807) is 0 Å². The molecule has 6 heteroatoms. The van der Waals surface area contributed by atoms with E-state index in [9.17, 15) is 9.90 Å². The summed E-state index contributed by atoms with van der Waals surface area (Å²) < 4.78 is 19.1. The molecule has 0 heterocycles. The molecule has 4 atom stereocenters. The Labute approximate surface area is 234 Å². The van der Waals surface area contributed by atoms with E-state index < -0.39 is 19.8 Å². The number of benzene rings is 1. The number of ether oxygens (including phenoxy) is 2. The molecular weight excluding hydrogens is 492 g/mol. The van der Waals surface area contributed by atoms with Crippen LogP contribution in [0, 0.1) is 17.3 Å². The van der Waals surface area contributed by atoms with E-state index in [2.05, 4.69) is 60.3 Å². The summed E-state index contributed by atoms with van der Waals surface area (Å²) in [6.07, 6.45) is 2.27. The highest BCUT2D eigenvalue weighted by atomic mass is 28.4. The van der Waals surface area contributed by atoms with Crippen molar-refractivity contribution < 1.29 is 23.8 Å². The van der Waals surface area contributed by atoms with Crippen LogP contribution in [0.4, 0.5) is 0 Å².